The lowest BCUT2D eigenvalue weighted by Crippen LogP contribution is -2.17. The molecule has 2 aromatic rings. The molecule has 2 N–H and O–H groups in total. The maximum absolute atomic E-state index is 12.3. The third-order valence-corrected chi connectivity index (χ3v) is 5.68. The van der Waals surface area contributed by atoms with E-state index in [0.29, 0.717) is 10.8 Å². The summed E-state index contributed by atoms with van der Waals surface area (Å²) < 4.78 is 5.38. The van der Waals surface area contributed by atoms with Crippen LogP contribution in [-0.2, 0) is 10.5 Å². The number of hydrogen-bond donors (Lipinski definition) is 2. The average Bonchev–Trinajstić information content (AvgIpc) is 2.67. The number of ether oxygens (including phenoxy) is 1. The van der Waals surface area contributed by atoms with Gasteiger partial charge in [0.2, 0.25) is 0 Å². The monoisotopic (exact) mass is 371 g/mol. The first-order chi connectivity index (χ1) is 12.6. The largest absolute Gasteiger partial charge is 0.478 e. The van der Waals surface area contributed by atoms with Gasteiger partial charge in [0.1, 0.15) is 0 Å². The fraction of sp³-hybridized carbons (Fsp3) is 0.300. The van der Waals surface area contributed by atoms with Gasteiger partial charge in [-0.25, -0.2) is 4.79 Å². The van der Waals surface area contributed by atoms with Crippen molar-refractivity contribution in [2.75, 3.05) is 18.5 Å². The Hall–Kier alpha value is -2.31. The van der Waals surface area contributed by atoms with Crippen LogP contribution >= 0.6 is 11.8 Å². The van der Waals surface area contributed by atoms with E-state index < -0.39 is 5.97 Å². The average molecular weight is 371 g/mol. The van der Waals surface area contributed by atoms with Gasteiger partial charge in [0.05, 0.1) is 5.56 Å². The second kappa shape index (κ2) is 8.87. The number of anilines is 1. The first-order valence-electron chi connectivity index (χ1n) is 8.55. The zero-order valence-corrected chi connectivity index (χ0v) is 15.1. The van der Waals surface area contributed by atoms with Crippen molar-refractivity contribution in [2.45, 2.75) is 23.8 Å². The van der Waals surface area contributed by atoms with Crippen molar-refractivity contribution in [3.8, 4) is 0 Å². The van der Waals surface area contributed by atoms with E-state index in [2.05, 4.69) is 11.4 Å². The van der Waals surface area contributed by atoms with E-state index in [1.165, 1.54) is 29.8 Å². The van der Waals surface area contributed by atoms with E-state index >= 15 is 0 Å². The van der Waals surface area contributed by atoms with Crippen LogP contribution in [0.4, 0.5) is 5.69 Å². The van der Waals surface area contributed by atoms with Gasteiger partial charge in [0.25, 0.3) is 5.91 Å². The Bertz CT molecular complexity index is 770. The van der Waals surface area contributed by atoms with E-state index in [1.54, 1.807) is 0 Å². The minimum Gasteiger partial charge on any atom is -0.478 e. The molecule has 1 aliphatic rings. The highest BCUT2D eigenvalue weighted by molar-refractivity contribution is 7.99. The molecule has 0 unspecified atom stereocenters. The maximum Gasteiger partial charge on any atom is 0.335 e. The van der Waals surface area contributed by atoms with Crippen LogP contribution in [0.15, 0.2) is 48.5 Å². The fourth-order valence-corrected chi connectivity index (χ4v) is 3.90. The molecule has 0 bridgehead atoms. The first-order valence-corrected chi connectivity index (χ1v) is 9.60. The van der Waals surface area contributed by atoms with Crippen LogP contribution in [0, 0.1) is 0 Å². The van der Waals surface area contributed by atoms with E-state index in [-0.39, 0.29) is 11.5 Å². The van der Waals surface area contributed by atoms with Gasteiger partial charge in [-0.3, -0.25) is 4.79 Å². The summed E-state index contributed by atoms with van der Waals surface area (Å²) in [6, 6.07) is 13.7. The third kappa shape index (κ3) is 5.09. The second-order valence-corrected chi connectivity index (χ2v) is 7.45. The van der Waals surface area contributed by atoms with Crippen molar-refractivity contribution in [2.24, 2.45) is 0 Å². The molecule has 0 aromatic heterocycles. The number of rotatable bonds is 6. The first kappa shape index (κ1) is 18.5. The highest BCUT2D eigenvalue weighted by Gasteiger charge is 2.14. The lowest BCUT2D eigenvalue weighted by atomic mass is 10.1. The molecular weight excluding hydrogens is 350 g/mol. The zero-order chi connectivity index (χ0) is 18.4. The number of nitrogens with one attached hydrogen (secondary N) is 1. The van der Waals surface area contributed by atoms with Crippen LogP contribution in [0.25, 0.3) is 0 Å². The molecule has 3 rings (SSSR count). The fourth-order valence-electron chi connectivity index (χ4n) is 2.76. The van der Waals surface area contributed by atoms with Gasteiger partial charge < -0.3 is 15.2 Å². The molecule has 1 amide bonds. The van der Waals surface area contributed by atoms with E-state index in [0.717, 1.165) is 37.5 Å². The number of thioether (sulfide) groups is 1. The van der Waals surface area contributed by atoms with Crippen LogP contribution < -0.4 is 5.32 Å². The molecule has 5 nitrogen and oxygen atoms in total. The van der Waals surface area contributed by atoms with Gasteiger partial charge in [-0.15, -0.1) is 0 Å². The molecule has 1 heterocycles. The minimum atomic E-state index is -1.01. The molecule has 0 aliphatic carbocycles. The zero-order valence-electron chi connectivity index (χ0n) is 14.3. The molecule has 6 heteroatoms. The van der Waals surface area contributed by atoms with Crippen LogP contribution in [0.2, 0.25) is 0 Å². The number of carbonyl (C=O) groups excluding carboxylic acids is 1. The Kier molecular flexibility index (Phi) is 6.30. The highest BCUT2D eigenvalue weighted by Crippen LogP contribution is 2.26. The summed E-state index contributed by atoms with van der Waals surface area (Å²) in [6.07, 6.45) is 2.18. The van der Waals surface area contributed by atoms with Crippen LogP contribution in [-0.4, -0.2) is 35.4 Å². The second-order valence-electron chi connectivity index (χ2n) is 6.16. The normalized spacial score (nSPS) is 14.8. The SMILES string of the molecule is O=C(O)c1ccc(C(=O)Nc2cccc(CSC3CCOCC3)c2)cc1. The molecule has 0 spiro atoms. The summed E-state index contributed by atoms with van der Waals surface area (Å²) in [6.45, 7) is 1.68. The molecule has 1 fully saturated rings. The predicted octanol–water partition coefficient (Wildman–Crippen LogP) is 4.05. The molecule has 0 saturated carbocycles. The summed E-state index contributed by atoms with van der Waals surface area (Å²) in [5, 5.41) is 12.4. The van der Waals surface area contributed by atoms with Gasteiger partial charge in [0, 0.05) is 35.5 Å². The molecule has 1 saturated heterocycles. The smallest absolute Gasteiger partial charge is 0.335 e. The summed E-state index contributed by atoms with van der Waals surface area (Å²) >= 11 is 1.93. The number of carboxylic acid groups (broad SMARTS) is 1. The molecule has 2 aromatic carbocycles. The minimum absolute atomic E-state index is 0.161. The van der Waals surface area contributed by atoms with Crippen molar-refractivity contribution in [3.05, 3.63) is 65.2 Å². The van der Waals surface area contributed by atoms with E-state index in [4.69, 9.17) is 9.84 Å². The maximum atomic E-state index is 12.3. The van der Waals surface area contributed by atoms with Crippen LogP contribution in [0.3, 0.4) is 0 Å². The lowest BCUT2D eigenvalue weighted by molar-refractivity contribution is 0.0696. The molecule has 0 atom stereocenters. The number of benzene rings is 2. The highest BCUT2D eigenvalue weighted by atomic mass is 32.2. The van der Waals surface area contributed by atoms with Crippen molar-refractivity contribution in [3.63, 3.8) is 0 Å². The summed E-state index contributed by atoms with van der Waals surface area (Å²) in [7, 11) is 0. The van der Waals surface area contributed by atoms with E-state index in [1.807, 2.05) is 30.0 Å². The molecular formula is C20H21NO4S. The molecule has 136 valence electrons. The Balaban J connectivity index is 1.58. The molecule has 0 radical (unpaired) electrons. The number of carboxylic acids is 1. The Morgan fingerprint density at radius 2 is 1.77 bits per heavy atom. The van der Waals surface area contributed by atoms with Gasteiger partial charge in [-0.2, -0.15) is 11.8 Å². The summed E-state index contributed by atoms with van der Waals surface area (Å²) in [4.78, 5) is 23.2. The standard InChI is InChI=1S/C20H21NO4S/c22-19(15-4-6-16(7-5-15)20(23)24)21-17-3-1-2-14(12-17)13-26-18-8-10-25-11-9-18/h1-7,12,18H,8-11,13H2,(H,21,22)(H,23,24). The number of amides is 1. The predicted molar refractivity (Wildman–Crippen MR) is 103 cm³/mol. The van der Waals surface area contributed by atoms with Crippen LogP contribution in [0.5, 0.6) is 0 Å². The number of aromatic carboxylic acids is 1. The van der Waals surface area contributed by atoms with Crippen LogP contribution in [0.1, 0.15) is 39.1 Å². The number of hydrogen-bond acceptors (Lipinski definition) is 4. The molecule has 1 aliphatic heterocycles. The Morgan fingerprint density at radius 1 is 1.08 bits per heavy atom. The van der Waals surface area contributed by atoms with Crippen molar-refractivity contribution in [1.82, 2.24) is 0 Å². The Morgan fingerprint density at radius 3 is 2.46 bits per heavy atom. The lowest BCUT2D eigenvalue weighted by Gasteiger charge is -2.21. The van der Waals surface area contributed by atoms with Gasteiger partial charge in [0.15, 0.2) is 0 Å². The van der Waals surface area contributed by atoms with Gasteiger partial charge in [-0.1, -0.05) is 12.1 Å². The van der Waals surface area contributed by atoms with Gasteiger partial charge in [-0.05, 0) is 54.8 Å². The van der Waals surface area contributed by atoms with Crippen molar-refractivity contribution >= 4 is 29.3 Å². The summed E-state index contributed by atoms with van der Waals surface area (Å²) in [5.41, 5.74) is 2.49. The van der Waals surface area contributed by atoms with Crippen molar-refractivity contribution in [1.29, 1.82) is 0 Å². The topological polar surface area (TPSA) is 75.6 Å². The van der Waals surface area contributed by atoms with E-state index in [9.17, 15) is 9.59 Å². The quantitative estimate of drug-likeness (QED) is 0.801. The van der Waals surface area contributed by atoms with Gasteiger partial charge >= 0.3 is 5.97 Å². The summed E-state index contributed by atoms with van der Waals surface area (Å²) in [5.74, 6) is -0.357. The Labute approximate surface area is 156 Å². The third-order valence-electron chi connectivity index (χ3n) is 4.23. The molecule has 26 heavy (non-hydrogen) atoms. The van der Waals surface area contributed by atoms with Crippen molar-refractivity contribution < 1.29 is 19.4 Å². The number of carbonyl (C=O) groups is 2.